The number of carbonyl (C=O) groups excluding carboxylic acids is 2. The van der Waals surface area contributed by atoms with Crippen molar-refractivity contribution in [2.75, 3.05) is 18.2 Å². The first-order valence-corrected chi connectivity index (χ1v) is 6.89. The van der Waals surface area contributed by atoms with E-state index in [-0.39, 0.29) is 0 Å². The van der Waals surface area contributed by atoms with Crippen molar-refractivity contribution >= 4 is 46.0 Å². The molecule has 0 fully saturated rings. The zero-order valence-electron chi connectivity index (χ0n) is 11.7. The van der Waals surface area contributed by atoms with Crippen LogP contribution >= 0.6 is 22.6 Å². The first-order valence-electron chi connectivity index (χ1n) is 5.81. The van der Waals surface area contributed by atoms with Gasteiger partial charge in [0, 0.05) is 3.57 Å². The normalized spacial score (nSPS) is 10.8. The Morgan fingerprint density at radius 2 is 1.90 bits per heavy atom. The zero-order valence-corrected chi connectivity index (χ0v) is 13.9. The van der Waals surface area contributed by atoms with Crippen molar-refractivity contribution in [1.82, 2.24) is 0 Å². The average molecular weight is 392 g/mol. The topological polar surface area (TPSA) is 90.6 Å². The molecule has 110 valence electrons. The van der Waals surface area contributed by atoms with E-state index in [2.05, 4.69) is 10.1 Å². The minimum absolute atomic E-state index is 0.306. The first-order chi connectivity index (χ1) is 9.14. The zero-order chi connectivity index (χ0) is 15.5. The summed E-state index contributed by atoms with van der Waals surface area (Å²) >= 11 is 1.97. The van der Waals surface area contributed by atoms with Gasteiger partial charge in [-0.15, -0.1) is 0 Å². The summed E-state index contributed by atoms with van der Waals surface area (Å²) in [5.41, 5.74) is 6.17. The van der Waals surface area contributed by atoms with Crippen LogP contribution in [0, 0.1) is 3.57 Å². The number of amides is 1. The molecule has 1 aromatic rings. The number of nitrogens with two attached hydrogens (primary N) is 1. The molecule has 0 bridgehead atoms. The minimum Gasteiger partial charge on any atom is -0.465 e. The molecular weight excluding hydrogens is 375 g/mol. The largest absolute Gasteiger partial charge is 0.465 e. The number of rotatable bonds is 2. The van der Waals surface area contributed by atoms with Crippen LogP contribution in [0.25, 0.3) is 0 Å². The third-order valence-corrected chi connectivity index (χ3v) is 3.07. The molecule has 1 amide bonds. The number of hydrogen-bond acceptors (Lipinski definition) is 5. The summed E-state index contributed by atoms with van der Waals surface area (Å²) in [5, 5.41) is 2.52. The number of esters is 1. The Morgan fingerprint density at radius 1 is 1.30 bits per heavy atom. The van der Waals surface area contributed by atoms with E-state index in [4.69, 9.17) is 10.5 Å². The van der Waals surface area contributed by atoms with Crippen LogP contribution < -0.4 is 11.1 Å². The van der Waals surface area contributed by atoms with Gasteiger partial charge in [0.2, 0.25) is 0 Å². The number of nitrogens with one attached hydrogen (secondary N) is 1. The third-order valence-electron chi connectivity index (χ3n) is 2.18. The lowest BCUT2D eigenvalue weighted by Crippen LogP contribution is -2.27. The van der Waals surface area contributed by atoms with Crippen LogP contribution in [-0.2, 0) is 9.47 Å². The van der Waals surface area contributed by atoms with Crippen molar-refractivity contribution in [2.45, 2.75) is 26.4 Å². The molecule has 6 nitrogen and oxygen atoms in total. The molecule has 20 heavy (non-hydrogen) atoms. The lowest BCUT2D eigenvalue weighted by atomic mass is 10.1. The Hall–Kier alpha value is -1.51. The average Bonchev–Trinajstić information content (AvgIpc) is 2.29. The second kappa shape index (κ2) is 6.29. The smallest absolute Gasteiger partial charge is 0.412 e. The molecule has 0 spiro atoms. The highest BCUT2D eigenvalue weighted by molar-refractivity contribution is 14.1. The molecule has 0 atom stereocenters. The summed E-state index contributed by atoms with van der Waals surface area (Å²) in [6, 6.07) is 3.05. The molecule has 0 radical (unpaired) electrons. The van der Waals surface area contributed by atoms with Crippen molar-refractivity contribution in [1.29, 1.82) is 0 Å². The van der Waals surface area contributed by atoms with Crippen molar-refractivity contribution in [3.63, 3.8) is 0 Å². The van der Waals surface area contributed by atoms with Gasteiger partial charge in [0.05, 0.1) is 24.0 Å². The van der Waals surface area contributed by atoms with E-state index in [1.807, 2.05) is 22.6 Å². The van der Waals surface area contributed by atoms with Gasteiger partial charge in [-0.05, 0) is 55.5 Å². The maximum absolute atomic E-state index is 11.7. The van der Waals surface area contributed by atoms with Gasteiger partial charge >= 0.3 is 12.1 Å². The quantitative estimate of drug-likeness (QED) is 0.459. The van der Waals surface area contributed by atoms with Crippen LogP contribution in [0.3, 0.4) is 0 Å². The van der Waals surface area contributed by atoms with Gasteiger partial charge in [0.15, 0.2) is 0 Å². The number of ether oxygens (including phenoxy) is 2. The standard InChI is InChI=1S/C13H17IN2O4/c1-13(2,3)20-12(18)16-10-5-7(11(17)19-4)8(14)6-9(10)15/h5-6H,15H2,1-4H3,(H,16,18). The van der Waals surface area contributed by atoms with E-state index in [9.17, 15) is 9.59 Å². The van der Waals surface area contributed by atoms with Gasteiger partial charge in [0.1, 0.15) is 5.60 Å². The van der Waals surface area contributed by atoms with Crippen LogP contribution in [0.15, 0.2) is 12.1 Å². The Balaban J connectivity index is 3.01. The molecular formula is C13H17IN2O4. The molecule has 1 aromatic carbocycles. The number of anilines is 2. The fraction of sp³-hybridized carbons (Fsp3) is 0.385. The van der Waals surface area contributed by atoms with Gasteiger partial charge in [-0.3, -0.25) is 5.32 Å². The highest BCUT2D eigenvalue weighted by Gasteiger charge is 2.19. The fourth-order valence-electron chi connectivity index (χ4n) is 1.38. The van der Waals surface area contributed by atoms with Crippen molar-refractivity contribution in [3.05, 3.63) is 21.3 Å². The van der Waals surface area contributed by atoms with Gasteiger partial charge in [-0.25, -0.2) is 9.59 Å². The van der Waals surface area contributed by atoms with Crippen LogP contribution in [0.2, 0.25) is 0 Å². The number of carbonyl (C=O) groups is 2. The molecule has 0 aromatic heterocycles. The van der Waals surface area contributed by atoms with E-state index < -0.39 is 17.7 Å². The maximum Gasteiger partial charge on any atom is 0.412 e. The molecule has 0 heterocycles. The highest BCUT2D eigenvalue weighted by Crippen LogP contribution is 2.26. The summed E-state index contributed by atoms with van der Waals surface area (Å²) in [6.45, 7) is 5.26. The molecule has 0 saturated carbocycles. The predicted molar refractivity (Wildman–Crippen MR) is 84.8 cm³/mol. The predicted octanol–water partition coefficient (Wildman–Crippen LogP) is 3.01. The summed E-state index contributed by atoms with van der Waals surface area (Å²) in [7, 11) is 1.29. The number of methoxy groups -OCH3 is 1. The Morgan fingerprint density at radius 3 is 2.40 bits per heavy atom. The van der Waals surface area contributed by atoms with Crippen LogP contribution in [0.4, 0.5) is 16.2 Å². The lowest BCUT2D eigenvalue weighted by Gasteiger charge is -2.20. The number of hydrogen-bond donors (Lipinski definition) is 2. The van der Waals surface area contributed by atoms with Crippen LogP contribution in [0.1, 0.15) is 31.1 Å². The summed E-state index contributed by atoms with van der Waals surface area (Å²) in [5.74, 6) is -0.498. The van der Waals surface area contributed by atoms with Crippen LogP contribution in [-0.4, -0.2) is 24.8 Å². The molecule has 0 saturated heterocycles. The monoisotopic (exact) mass is 392 g/mol. The van der Waals surface area contributed by atoms with E-state index in [1.54, 1.807) is 26.8 Å². The lowest BCUT2D eigenvalue weighted by molar-refractivity contribution is 0.0595. The molecule has 0 unspecified atom stereocenters. The third kappa shape index (κ3) is 4.55. The first kappa shape index (κ1) is 16.5. The van der Waals surface area contributed by atoms with Gasteiger partial charge in [-0.2, -0.15) is 0 Å². The van der Waals surface area contributed by atoms with Gasteiger partial charge in [-0.1, -0.05) is 0 Å². The van der Waals surface area contributed by atoms with E-state index in [1.165, 1.54) is 13.2 Å². The molecule has 7 heteroatoms. The Bertz CT molecular complexity index is 538. The summed E-state index contributed by atoms with van der Waals surface area (Å²) in [4.78, 5) is 23.3. The number of halogens is 1. The second-order valence-electron chi connectivity index (χ2n) is 5.04. The van der Waals surface area contributed by atoms with E-state index >= 15 is 0 Å². The Labute approximate surface area is 131 Å². The maximum atomic E-state index is 11.7. The van der Waals surface area contributed by atoms with E-state index in [0.29, 0.717) is 20.5 Å². The molecule has 3 N–H and O–H groups in total. The van der Waals surface area contributed by atoms with Crippen LogP contribution in [0.5, 0.6) is 0 Å². The second-order valence-corrected chi connectivity index (χ2v) is 6.20. The molecule has 0 aliphatic carbocycles. The SMILES string of the molecule is COC(=O)c1cc(NC(=O)OC(C)(C)C)c(N)cc1I. The Kier molecular flexibility index (Phi) is 5.21. The molecule has 0 aliphatic heterocycles. The highest BCUT2D eigenvalue weighted by atomic mass is 127. The summed E-state index contributed by atoms with van der Waals surface area (Å²) in [6.07, 6.45) is -0.638. The van der Waals surface area contributed by atoms with Crippen molar-refractivity contribution in [2.24, 2.45) is 0 Å². The van der Waals surface area contributed by atoms with Crippen molar-refractivity contribution < 1.29 is 19.1 Å². The molecule has 0 aliphatic rings. The fourth-order valence-corrected chi connectivity index (χ4v) is 2.09. The van der Waals surface area contributed by atoms with Gasteiger partial charge < -0.3 is 15.2 Å². The molecule has 1 rings (SSSR count). The number of nitrogen functional groups attached to an aromatic ring is 1. The van der Waals surface area contributed by atoms with E-state index in [0.717, 1.165) is 0 Å². The van der Waals surface area contributed by atoms with Crippen molar-refractivity contribution in [3.8, 4) is 0 Å². The summed E-state index contributed by atoms with van der Waals surface area (Å²) < 4.78 is 10.4. The minimum atomic E-state index is -0.638. The number of benzene rings is 1. The van der Waals surface area contributed by atoms with Gasteiger partial charge in [0.25, 0.3) is 0 Å².